The lowest BCUT2D eigenvalue weighted by Crippen LogP contribution is -2.53. The summed E-state index contributed by atoms with van der Waals surface area (Å²) in [4.78, 5) is 0. The molecule has 0 bridgehead atoms. The number of rotatable bonds is 8. The molecule has 4 aliphatic carbocycles. The minimum atomic E-state index is -4.45. The molecule has 2 N–H and O–H groups in total. The number of fused-ring (bicyclic) bond motifs is 5. The molecule has 0 aromatic heterocycles. The Morgan fingerprint density at radius 1 is 0.941 bits per heavy atom. The Kier molecular flexibility index (Phi) is 7.86. The van der Waals surface area contributed by atoms with Crippen LogP contribution in [0.25, 0.3) is 0 Å². The van der Waals surface area contributed by atoms with Gasteiger partial charge in [-0.1, -0.05) is 41.0 Å². The van der Waals surface area contributed by atoms with Crippen molar-refractivity contribution in [3.8, 4) is 0 Å². The molecule has 0 saturated heterocycles. The maximum absolute atomic E-state index is 10.8. The average Bonchev–Trinajstić information content (AvgIpc) is 3.12. The first-order valence-corrected chi connectivity index (χ1v) is 15.5. The molecular formula is C28H50O5S. The van der Waals surface area contributed by atoms with Crippen LogP contribution in [-0.4, -0.2) is 30.8 Å². The molecule has 0 aromatic carbocycles. The Balaban J connectivity index is 1.36. The second-order valence-corrected chi connectivity index (χ2v) is 14.7. The lowest BCUT2D eigenvalue weighted by molar-refractivity contribution is -0.120. The van der Waals surface area contributed by atoms with E-state index in [0.717, 1.165) is 36.0 Å². The smallest absolute Gasteiger partial charge is 0.393 e. The summed E-state index contributed by atoms with van der Waals surface area (Å²) >= 11 is 0. The van der Waals surface area contributed by atoms with Gasteiger partial charge in [-0.3, -0.25) is 4.55 Å². The van der Waals surface area contributed by atoms with Crippen LogP contribution in [0.1, 0.15) is 105 Å². The van der Waals surface area contributed by atoms with E-state index in [0.29, 0.717) is 29.1 Å². The zero-order valence-electron chi connectivity index (χ0n) is 22.2. The summed E-state index contributed by atoms with van der Waals surface area (Å²) in [5, 5.41) is 10.6. The van der Waals surface area contributed by atoms with Gasteiger partial charge in [0.2, 0.25) is 0 Å². The second-order valence-electron chi connectivity index (χ2n) is 13.6. The molecule has 6 heteroatoms. The van der Waals surface area contributed by atoms with Gasteiger partial charge >= 0.3 is 10.4 Å². The molecule has 0 aliphatic heterocycles. The van der Waals surface area contributed by atoms with Gasteiger partial charge in [-0.15, -0.1) is 0 Å². The molecule has 0 aromatic rings. The van der Waals surface area contributed by atoms with Crippen LogP contribution in [0.5, 0.6) is 0 Å². The number of aliphatic hydroxyl groups excluding tert-OH is 1. The van der Waals surface area contributed by atoms with Crippen LogP contribution in [-0.2, 0) is 14.6 Å². The van der Waals surface area contributed by atoms with E-state index in [2.05, 4.69) is 31.9 Å². The predicted octanol–water partition coefficient (Wildman–Crippen LogP) is 6.51. The summed E-state index contributed by atoms with van der Waals surface area (Å²) < 4.78 is 34.9. The van der Waals surface area contributed by atoms with Gasteiger partial charge in [0.15, 0.2) is 0 Å². The zero-order chi connectivity index (χ0) is 24.9. The van der Waals surface area contributed by atoms with Crippen LogP contribution in [0, 0.1) is 58.2 Å². The van der Waals surface area contributed by atoms with Crippen molar-refractivity contribution in [2.75, 3.05) is 6.61 Å². The summed E-state index contributed by atoms with van der Waals surface area (Å²) in [5.41, 5.74) is 1.00. The highest BCUT2D eigenvalue weighted by Gasteiger charge is 2.60. The van der Waals surface area contributed by atoms with Crippen molar-refractivity contribution in [3.05, 3.63) is 0 Å². The van der Waals surface area contributed by atoms with E-state index in [-0.39, 0.29) is 12.5 Å². The molecule has 4 aliphatic rings. The van der Waals surface area contributed by atoms with Gasteiger partial charge < -0.3 is 5.11 Å². The molecule has 0 heterocycles. The maximum atomic E-state index is 10.8. The second kappa shape index (κ2) is 9.95. The van der Waals surface area contributed by atoms with Gasteiger partial charge in [-0.05, 0) is 116 Å². The lowest BCUT2D eigenvalue weighted by atomic mass is 9.44. The van der Waals surface area contributed by atoms with Crippen molar-refractivity contribution in [2.24, 2.45) is 58.2 Å². The third kappa shape index (κ3) is 5.13. The Hall–Kier alpha value is -0.170. The predicted molar refractivity (Wildman–Crippen MR) is 135 cm³/mol. The normalized spacial score (nSPS) is 45.0. The first-order chi connectivity index (χ1) is 15.8. The van der Waals surface area contributed by atoms with Crippen LogP contribution in [0.4, 0.5) is 0 Å². The Bertz CT molecular complexity index is 814. The van der Waals surface area contributed by atoms with Crippen molar-refractivity contribution in [2.45, 2.75) is 111 Å². The van der Waals surface area contributed by atoms with E-state index < -0.39 is 16.5 Å². The first-order valence-electron chi connectivity index (χ1n) is 14.1. The van der Waals surface area contributed by atoms with Crippen LogP contribution >= 0.6 is 0 Å². The molecule has 0 spiro atoms. The molecule has 4 fully saturated rings. The van der Waals surface area contributed by atoms with E-state index in [1.165, 1.54) is 57.8 Å². The minimum Gasteiger partial charge on any atom is -0.393 e. The Morgan fingerprint density at radius 3 is 2.32 bits per heavy atom. The van der Waals surface area contributed by atoms with E-state index in [1.807, 2.05) is 0 Å². The van der Waals surface area contributed by atoms with Gasteiger partial charge in [0.1, 0.15) is 0 Å². The van der Waals surface area contributed by atoms with E-state index in [1.54, 1.807) is 6.92 Å². The highest BCUT2D eigenvalue weighted by molar-refractivity contribution is 7.80. The van der Waals surface area contributed by atoms with E-state index >= 15 is 0 Å². The summed E-state index contributed by atoms with van der Waals surface area (Å²) in [7, 11) is -4.45. The van der Waals surface area contributed by atoms with Crippen LogP contribution < -0.4 is 0 Å². The number of hydrogen-bond acceptors (Lipinski definition) is 4. The molecule has 0 amide bonds. The highest BCUT2D eigenvalue weighted by Crippen LogP contribution is 2.68. The first kappa shape index (κ1) is 26.9. The number of hydrogen-bond donors (Lipinski definition) is 2. The highest BCUT2D eigenvalue weighted by atomic mass is 32.3. The third-order valence-electron chi connectivity index (χ3n) is 11.7. The molecule has 0 radical (unpaired) electrons. The minimum absolute atomic E-state index is 0.181. The van der Waals surface area contributed by atoms with Crippen molar-refractivity contribution in [3.63, 3.8) is 0 Å². The van der Waals surface area contributed by atoms with Crippen molar-refractivity contribution >= 4 is 10.4 Å². The van der Waals surface area contributed by atoms with E-state index in [4.69, 9.17) is 4.55 Å². The zero-order valence-corrected chi connectivity index (χ0v) is 23.0. The molecule has 4 saturated carbocycles. The molecule has 34 heavy (non-hydrogen) atoms. The quantitative estimate of drug-likeness (QED) is 0.373. The Morgan fingerprint density at radius 2 is 1.62 bits per heavy atom. The molecule has 198 valence electrons. The Labute approximate surface area is 208 Å². The van der Waals surface area contributed by atoms with Crippen molar-refractivity contribution in [1.29, 1.82) is 0 Å². The van der Waals surface area contributed by atoms with Gasteiger partial charge in [0.05, 0.1) is 12.7 Å². The fourth-order valence-electron chi connectivity index (χ4n) is 9.67. The van der Waals surface area contributed by atoms with Gasteiger partial charge in [-0.25, -0.2) is 4.18 Å². The fourth-order valence-corrected chi connectivity index (χ4v) is 10.1. The van der Waals surface area contributed by atoms with Gasteiger partial charge in [0.25, 0.3) is 0 Å². The molecular weight excluding hydrogens is 448 g/mol. The number of aliphatic hydroxyl groups is 1. The summed E-state index contributed by atoms with van der Waals surface area (Å²) in [6.45, 7) is 11.7. The van der Waals surface area contributed by atoms with Crippen LogP contribution in [0.2, 0.25) is 0 Å². The van der Waals surface area contributed by atoms with E-state index in [9.17, 15) is 13.5 Å². The topological polar surface area (TPSA) is 83.8 Å². The monoisotopic (exact) mass is 498 g/mol. The van der Waals surface area contributed by atoms with Crippen molar-refractivity contribution in [1.82, 2.24) is 0 Å². The molecule has 11 atom stereocenters. The average molecular weight is 499 g/mol. The SMILES string of the molecule is CC1CC[C@@]2(C)C(CCC3C4CCC(C(C)CCC(O)C(C)COS(=O)(=O)O)[C@@]4(C)CCC32)C1. The maximum Gasteiger partial charge on any atom is 0.397 e. The standard InChI is InChI=1S/C28H50O5S/c1-18-12-14-27(4)21(16-18)7-8-22-24-10-9-23(28(24,5)15-13-25(22)27)19(2)6-11-26(29)20(3)17-33-34(30,31)32/h18-26,29H,6-17H2,1-5H3,(H,30,31,32)/t18?,19?,20?,21?,22?,23?,24?,25?,26?,27-,28+/m0/s1. The third-order valence-corrected chi connectivity index (χ3v) is 12.2. The summed E-state index contributed by atoms with van der Waals surface area (Å²) in [6.07, 6.45) is 13.7. The summed E-state index contributed by atoms with van der Waals surface area (Å²) in [5.74, 6) is 5.51. The molecule has 4 rings (SSSR count). The molecule has 9 unspecified atom stereocenters. The van der Waals surface area contributed by atoms with Crippen LogP contribution in [0.3, 0.4) is 0 Å². The molecule has 5 nitrogen and oxygen atoms in total. The van der Waals surface area contributed by atoms with Crippen LogP contribution in [0.15, 0.2) is 0 Å². The largest absolute Gasteiger partial charge is 0.397 e. The lowest BCUT2D eigenvalue weighted by Gasteiger charge is -2.61. The van der Waals surface area contributed by atoms with Crippen molar-refractivity contribution < 1.29 is 22.3 Å². The van der Waals surface area contributed by atoms with Gasteiger partial charge in [-0.2, -0.15) is 8.42 Å². The fraction of sp³-hybridized carbons (Fsp3) is 1.00. The summed E-state index contributed by atoms with van der Waals surface area (Å²) in [6, 6.07) is 0. The van der Waals surface area contributed by atoms with Gasteiger partial charge in [0, 0.05) is 5.92 Å².